The highest BCUT2D eigenvalue weighted by molar-refractivity contribution is 7.89. The number of likely N-dealkylation sites (N-methyl/N-ethyl adjacent to an activating group) is 1. The first-order valence-corrected chi connectivity index (χ1v) is 6.86. The number of carbonyl (C=O) groups excluding carboxylic acids is 1. The Labute approximate surface area is 115 Å². The molecule has 20 heavy (non-hydrogen) atoms. The van der Waals surface area contributed by atoms with Crippen molar-refractivity contribution >= 4 is 21.9 Å². The minimum Gasteiger partial charge on any atom is -0.478 e. The molecule has 0 aromatic heterocycles. The second-order valence-electron chi connectivity index (χ2n) is 4.06. The molecule has 2 N–H and O–H groups in total. The van der Waals surface area contributed by atoms with E-state index in [1.54, 1.807) is 0 Å². The van der Waals surface area contributed by atoms with Crippen molar-refractivity contribution in [3.05, 3.63) is 29.6 Å². The molecule has 0 heterocycles. The number of carboxylic acids is 1. The van der Waals surface area contributed by atoms with Crippen molar-refractivity contribution in [1.29, 1.82) is 0 Å². The lowest BCUT2D eigenvalue weighted by atomic mass is 10.2. The molecule has 0 saturated carbocycles. The summed E-state index contributed by atoms with van der Waals surface area (Å²) in [5.41, 5.74) is -0.370. The van der Waals surface area contributed by atoms with E-state index in [1.165, 1.54) is 19.0 Å². The van der Waals surface area contributed by atoms with Gasteiger partial charge in [-0.05, 0) is 18.2 Å². The number of carboxylic acid groups (broad SMARTS) is 1. The standard InChI is InChI=1S/C11H13FN2O5S/c1-14(2)10(15)6-13-20(18,19)9-4-3-7(11(16)17)5-8(9)12/h3-5,13H,6H2,1-2H3,(H,16,17). The molecular formula is C11H13FN2O5S. The van der Waals surface area contributed by atoms with Crippen LogP contribution in [-0.2, 0) is 14.8 Å². The van der Waals surface area contributed by atoms with E-state index in [-0.39, 0.29) is 5.56 Å². The molecule has 7 nitrogen and oxygen atoms in total. The quantitative estimate of drug-likeness (QED) is 0.790. The van der Waals surface area contributed by atoms with Crippen LogP contribution in [0.25, 0.3) is 0 Å². The summed E-state index contributed by atoms with van der Waals surface area (Å²) < 4.78 is 39.1. The van der Waals surface area contributed by atoms with E-state index in [9.17, 15) is 22.4 Å². The Kier molecular flexibility index (Phi) is 4.79. The predicted molar refractivity (Wildman–Crippen MR) is 67.2 cm³/mol. The molecule has 0 fully saturated rings. The van der Waals surface area contributed by atoms with Gasteiger partial charge in [0.1, 0.15) is 10.7 Å². The van der Waals surface area contributed by atoms with Gasteiger partial charge in [0.05, 0.1) is 12.1 Å². The lowest BCUT2D eigenvalue weighted by molar-refractivity contribution is -0.127. The fourth-order valence-corrected chi connectivity index (χ4v) is 2.28. The molecule has 0 bridgehead atoms. The topological polar surface area (TPSA) is 104 Å². The fraction of sp³-hybridized carbons (Fsp3) is 0.273. The van der Waals surface area contributed by atoms with Crippen LogP contribution in [0, 0.1) is 5.82 Å². The zero-order chi connectivity index (χ0) is 15.5. The SMILES string of the molecule is CN(C)C(=O)CNS(=O)(=O)c1ccc(C(=O)O)cc1F. The van der Waals surface area contributed by atoms with Crippen LogP contribution in [0.5, 0.6) is 0 Å². The Morgan fingerprint density at radius 3 is 2.40 bits per heavy atom. The minimum absolute atomic E-state index is 0.370. The normalized spacial score (nSPS) is 11.2. The number of benzene rings is 1. The molecule has 0 aliphatic rings. The molecule has 0 spiro atoms. The van der Waals surface area contributed by atoms with E-state index in [2.05, 4.69) is 0 Å². The third-order valence-electron chi connectivity index (χ3n) is 2.38. The van der Waals surface area contributed by atoms with Crippen LogP contribution in [0.3, 0.4) is 0 Å². The summed E-state index contributed by atoms with van der Waals surface area (Å²) in [5.74, 6) is -3.07. The zero-order valence-corrected chi connectivity index (χ0v) is 11.6. The number of hydrogen-bond acceptors (Lipinski definition) is 4. The Bertz CT molecular complexity index is 642. The summed E-state index contributed by atoms with van der Waals surface area (Å²) in [4.78, 5) is 22.4. The highest BCUT2D eigenvalue weighted by atomic mass is 32.2. The van der Waals surface area contributed by atoms with Gasteiger partial charge in [0.2, 0.25) is 15.9 Å². The van der Waals surface area contributed by atoms with Gasteiger partial charge in [0, 0.05) is 14.1 Å². The second-order valence-corrected chi connectivity index (χ2v) is 5.80. The molecule has 9 heteroatoms. The Morgan fingerprint density at radius 2 is 1.95 bits per heavy atom. The number of carbonyl (C=O) groups is 2. The van der Waals surface area contributed by atoms with E-state index in [4.69, 9.17) is 5.11 Å². The van der Waals surface area contributed by atoms with Crippen molar-refractivity contribution in [2.75, 3.05) is 20.6 Å². The first-order chi connectivity index (χ1) is 9.15. The van der Waals surface area contributed by atoms with Gasteiger partial charge in [-0.15, -0.1) is 0 Å². The average molecular weight is 304 g/mol. The number of aromatic carboxylic acids is 1. The van der Waals surface area contributed by atoms with Crippen LogP contribution in [0.4, 0.5) is 4.39 Å². The van der Waals surface area contributed by atoms with Gasteiger partial charge in [-0.3, -0.25) is 4.79 Å². The van der Waals surface area contributed by atoms with Crippen molar-refractivity contribution < 1.29 is 27.5 Å². The first-order valence-electron chi connectivity index (χ1n) is 5.38. The van der Waals surface area contributed by atoms with E-state index < -0.39 is 39.2 Å². The number of nitrogens with one attached hydrogen (secondary N) is 1. The van der Waals surface area contributed by atoms with Crippen LogP contribution >= 0.6 is 0 Å². The van der Waals surface area contributed by atoms with Crippen LogP contribution in [0.15, 0.2) is 23.1 Å². The summed E-state index contributed by atoms with van der Waals surface area (Å²) in [6.45, 7) is -0.518. The average Bonchev–Trinajstić information content (AvgIpc) is 2.35. The first kappa shape index (κ1) is 16.1. The van der Waals surface area contributed by atoms with Crippen molar-refractivity contribution in [2.24, 2.45) is 0 Å². The van der Waals surface area contributed by atoms with E-state index in [0.717, 1.165) is 12.1 Å². The van der Waals surface area contributed by atoms with Gasteiger partial charge in [0.15, 0.2) is 0 Å². The Balaban J connectivity index is 2.99. The molecule has 0 radical (unpaired) electrons. The van der Waals surface area contributed by atoms with Gasteiger partial charge in [-0.2, -0.15) is 0 Å². The molecule has 1 aromatic carbocycles. The summed E-state index contributed by atoms with van der Waals surface area (Å²) in [6, 6.07) is 2.40. The molecule has 1 rings (SSSR count). The largest absolute Gasteiger partial charge is 0.478 e. The summed E-state index contributed by atoms with van der Waals surface area (Å²) in [5, 5.41) is 8.66. The summed E-state index contributed by atoms with van der Waals surface area (Å²) in [7, 11) is -1.34. The summed E-state index contributed by atoms with van der Waals surface area (Å²) >= 11 is 0. The van der Waals surface area contributed by atoms with Crippen LogP contribution in [-0.4, -0.2) is 50.9 Å². The number of halogens is 1. The van der Waals surface area contributed by atoms with Crippen molar-refractivity contribution in [3.63, 3.8) is 0 Å². The molecule has 0 unspecified atom stereocenters. The Morgan fingerprint density at radius 1 is 1.35 bits per heavy atom. The molecule has 0 atom stereocenters. The minimum atomic E-state index is -4.23. The van der Waals surface area contributed by atoms with Gasteiger partial charge < -0.3 is 10.0 Å². The van der Waals surface area contributed by atoms with Crippen LogP contribution in [0.2, 0.25) is 0 Å². The number of sulfonamides is 1. The number of hydrogen-bond donors (Lipinski definition) is 2. The summed E-state index contributed by atoms with van der Waals surface area (Å²) in [6.07, 6.45) is 0. The third-order valence-corrected chi connectivity index (χ3v) is 3.82. The van der Waals surface area contributed by atoms with Gasteiger partial charge in [-0.25, -0.2) is 22.3 Å². The van der Waals surface area contributed by atoms with Gasteiger partial charge >= 0.3 is 5.97 Å². The lowest BCUT2D eigenvalue weighted by Gasteiger charge is -2.11. The molecule has 110 valence electrons. The number of nitrogens with zero attached hydrogens (tertiary/aromatic N) is 1. The second kappa shape index (κ2) is 5.97. The van der Waals surface area contributed by atoms with Crippen molar-refractivity contribution in [1.82, 2.24) is 9.62 Å². The van der Waals surface area contributed by atoms with Gasteiger partial charge in [-0.1, -0.05) is 0 Å². The third kappa shape index (κ3) is 3.75. The molecule has 1 aromatic rings. The van der Waals surface area contributed by atoms with Crippen LogP contribution < -0.4 is 4.72 Å². The molecule has 0 aliphatic carbocycles. The number of amides is 1. The predicted octanol–water partition coefficient (Wildman–Crippen LogP) is -0.110. The highest BCUT2D eigenvalue weighted by Gasteiger charge is 2.21. The zero-order valence-electron chi connectivity index (χ0n) is 10.8. The molecular weight excluding hydrogens is 291 g/mol. The lowest BCUT2D eigenvalue weighted by Crippen LogP contribution is -2.36. The van der Waals surface area contributed by atoms with Crippen molar-refractivity contribution in [3.8, 4) is 0 Å². The molecule has 0 saturated heterocycles. The van der Waals surface area contributed by atoms with Crippen molar-refractivity contribution in [2.45, 2.75) is 4.90 Å². The van der Waals surface area contributed by atoms with Gasteiger partial charge in [0.25, 0.3) is 0 Å². The molecule has 0 aliphatic heterocycles. The maximum Gasteiger partial charge on any atom is 0.335 e. The van der Waals surface area contributed by atoms with E-state index in [0.29, 0.717) is 6.07 Å². The highest BCUT2D eigenvalue weighted by Crippen LogP contribution is 2.16. The number of rotatable bonds is 5. The fourth-order valence-electron chi connectivity index (χ4n) is 1.24. The van der Waals surface area contributed by atoms with Crippen LogP contribution in [0.1, 0.15) is 10.4 Å². The molecule has 1 amide bonds. The van der Waals surface area contributed by atoms with E-state index >= 15 is 0 Å². The maximum absolute atomic E-state index is 13.6. The van der Waals surface area contributed by atoms with E-state index in [1.807, 2.05) is 4.72 Å². The maximum atomic E-state index is 13.6. The monoisotopic (exact) mass is 304 g/mol. The Hall–Kier alpha value is -2.00. The smallest absolute Gasteiger partial charge is 0.335 e.